The van der Waals surface area contributed by atoms with Crippen LogP contribution in [0.25, 0.3) is 0 Å². The molecular weight excluding hydrogens is 322 g/mol. The van der Waals surface area contributed by atoms with Gasteiger partial charge in [0.2, 0.25) is 5.91 Å². The summed E-state index contributed by atoms with van der Waals surface area (Å²) in [5.74, 6) is 0.507. The Morgan fingerprint density at radius 1 is 1.32 bits per heavy atom. The molecule has 0 saturated carbocycles. The highest BCUT2D eigenvalue weighted by Gasteiger charge is 2.32. The molecule has 1 saturated heterocycles. The van der Waals surface area contributed by atoms with Gasteiger partial charge < -0.3 is 19.2 Å². The Bertz CT molecular complexity index is 767. The van der Waals surface area contributed by atoms with Crippen LogP contribution in [0, 0.1) is 0 Å². The highest BCUT2D eigenvalue weighted by atomic mass is 16.5. The maximum atomic E-state index is 12.7. The van der Waals surface area contributed by atoms with Crippen LogP contribution in [-0.2, 0) is 22.6 Å². The van der Waals surface area contributed by atoms with Crippen molar-refractivity contribution in [3.8, 4) is 0 Å². The summed E-state index contributed by atoms with van der Waals surface area (Å²) in [6, 6.07) is 10.2. The second-order valence-electron chi connectivity index (χ2n) is 6.16. The number of carboxylic acids is 1. The Hall–Kier alpha value is -2.60. The number of benzene rings is 1. The van der Waals surface area contributed by atoms with Crippen molar-refractivity contribution in [3.63, 3.8) is 0 Å². The quantitative estimate of drug-likeness (QED) is 0.872. The first-order valence-electron chi connectivity index (χ1n) is 8.27. The van der Waals surface area contributed by atoms with Crippen molar-refractivity contribution < 1.29 is 23.8 Å². The molecule has 1 aromatic heterocycles. The minimum absolute atomic E-state index is 0.0188. The van der Waals surface area contributed by atoms with Crippen LogP contribution in [0.2, 0.25) is 0 Å². The molecular formula is C19H21NO5. The molecule has 0 spiro atoms. The van der Waals surface area contributed by atoms with Crippen LogP contribution in [0.15, 0.2) is 40.8 Å². The van der Waals surface area contributed by atoms with E-state index in [9.17, 15) is 9.59 Å². The average Bonchev–Trinajstić information content (AvgIpc) is 3.24. The molecule has 1 fully saturated rings. The number of hydrogen-bond acceptors (Lipinski definition) is 4. The van der Waals surface area contributed by atoms with E-state index in [4.69, 9.17) is 14.3 Å². The summed E-state index contributed by atoms with van der Waals surface area (Å²) in [6.45, 7) is 1.09. The largest absolute Gasteiger partial charge is 0.478 e. The number of carbonyl (C=O) groups is 2. The van der Waals surface area contributed by atoms with Gasteiger partial charge in [-0.15, -0.1) is 0 Å². The van der Waals surface area contributed by atoms with Crippen LogP contribution < -0.4 is 0 Å². The number of hydrogen-bond donors (Lipinski definition) is 1. The molecule has 1 aromatic carbocycles. The summed E-state index contributed by atoms with van der Waals surface area (Å²) in [6.07, 6.45) is 1.97. The molecule has 6 heteroatoms. The van der Waals surface area contributed by atoms with E-state index in [0.29, 0.717) is 18.7 Å². The zero-order valence-corrected chi connectivity index (χ0v) is 14.1. The van der Waals surface area contributed by atoms with E-state index >= 15 is 0 Å². The monoisotopic (exact) mass is 343 g/mol. The maximum absolute atomic E-state index is 12.7. The Labute approximate surface area is 146 Å². The molecule has 1 atom stereocenters. The van der Waals surface area contributed by atoms with Crippen LogP contribution in [-0.4, -0.2) is 35.5 Å². The summed E-state index contributed by atoms with van der Waals surface area (Å²) >= 11 is 0. The lowest BCUT2D eigenvalue weighted by Gasteiger charge is -2.23. The van der Waals surface area contributed by atoms with E-state index in [0.717, 1.165) is 24.4 Å². The third-order valence-electron chi connectivity index (χ3n) is 4.40. The van der Waals surface area contributed by atoms with Crippen molar-refractivity contribution in [1.82, 2.24) is 4.90 Å². The van der Waals surface area contributed by atoms with E-state index in [1.54, 1.807) is 25.3 Å². The molecule has 0 aliphatic carbocycles. The van der Waals surface area contributed by atoms with Gasteiger partial charge >= 0.3 is 5.97 Å². The third kappa shape index (κ3) is 3.91. The van der Waals surface area contributed by atoms with Gasteiger partial charge in [0.1, 0.15) is 18.1 Å². The van der Waals surface area contributed by atoms with Crippen molar-refractivity contribution >= 4 is 11.9 Å². The van der Waals surface area contributed by atoms with Gasteiger partial charge in [-0.25, -0.2) is 4.79 Å². The molecule has 0 unspecified atom stereocenters. The topological polar surface area (TPSA) is 80.0 Å². The predicted molar refractivity (Wildman–Crippen MR) is 90.2 cm³/mol. The molecule has 2 aromatic rings. The number of likely N-dealkylation sites (tertiary alicyclic amines) is 1. The van der Waals surface area contributed by atoms with Gasteiger partial charge in [0.15, 0.2) is 0 Å². The fourth-order valence-electron chi connectivity index (χ4n) is 3.24. The molecule has 25 heavy (non-hydrogen) atoms. The number of ether oxygens (including phenoxy) is 1. The predicted octanol–water partition coefficient (Wildman–Crippen LogP) is 3.03. The molecule has 1 N–H and O–H groups in total. The van der Waals surface area contributed by atoms with Crippen molar-refractivity contribution in [1.29, 1.82) is 0 Å². The first-order chi connectivity index (χ1) is 12.1. The standard InChI is InChI=1S/C19H21NO5/c1-24-12-15-7-8-17(25-15)16-6-3-9-20(16)18(21)11-13-4-2-5-14(10-13)19(22)23/h2,4-5,7-8,10,16H,3,6,9,11-12H2,1H3,(H,22,23)/t16-/m1/s1. The van der Waals surface area contributed by atoms with Crippen molar-refractivity contribution in [2.45, 2.75) is 31.9 Å². The van der Waals surface area contributed by atoms with Crippen LogP contribution in [0.5, 0.6) is 0 Å². The van der Waals surface area contributed by atoms with Crippen LogP contribution in [0.1, 0.15) is 46.3 Å². The number of carboxylic acid groups (broad SMARTS) is 1. The fourth-order valence-corrected chi connectivity index (χ4v) is 3.24. The van der Waals surface area contributed by atoms with Gasteiger partial charge in [0, 0.05) is 13.7 Å². The van der Waals surface area contributed by atoms with Gasteiger partial charge in [0.25, 0.3) is 0 Å². The molecule has 0 radical (unpaired) electrons. The normalized spacial score (nSPS) is 17.0. The van der Waals surface area contributed by atoms with Gasteiger partial charge in [-0.05, 0) is 42.7 Å². The zero-order chi connectivity index (χ0) is 17.8. The first kappa shape index (κ1) is 17.2. The molecule has 1 amide bonds. The second-order valence-corrected chi connectivity index (χ2v) is 6.16. The number of aromatic carboxylic acids is 1. The van der Waals surface area contributed by atoms with E-state index in [1.165, 1.54) is 6.07 Å². The molecule has 6 nitrogen and oxygen atoms in total. The lowest BCUT2D eigenvalue weighted by atomic mass is 10.1. The van der Waals surface area contributed by atoms with Crippen molar-refractivity contribution in [3.05, 3.63) is 59.0 Å². The zero-order valence-electron chi connectivity index (χ0n) is 14.1. The first-order valence-corrected chi connectivity index (χ1v) is 8.27. The average molecular weight is 343 g/mol. The lowest BCUT2D eigenvalue weighted by molar-refractivity contribution is -0.131. The van der Waals surface area contributed by atoms with E-state index < -0.39 is 5.97 Å². The van der Waals surface area contributed by atoms with Crippen molar-refractivity contribution in [2.75, 3.05) is 13.7 Å². The number of nitrogens with zero attached hydrogens (tertiary/aromatic N) is 1. The van der Waals surface area contributed by atoms with E-state index in [-0.39, 0.29) is 23.9 Å². The molecule has 1 aliphatic rings. The SMILES string of the molecule is COCc1ccc([C@H]2CCCN2C(=O)Cc2cccc(C(=O)O)c2)o1. The van der Waals surface area contributed by atoms with Gasteiger partial charge in [-0.1, -0.05) is 12.1 Å². The number of rotatable bonds is 6. The maximum Gasteiger partial charge on any atom is 0.335 e. The minimum Gasteiger partial charge on any atom is -0.478 e. The summed E-state index contributed by atoms with van der Waals surface area (Å²) in [4.78, 5) is 25.6. The smallest absolute Gasteiger partial charge is 0.335 e. The van der Waals surface area contributed by atoms with Crippen LogP contribution in [0.3, 0.4) is 0 Å². The molecule has 132 valence electrons. The van der Waals surface area contributed by atoms with Gasteiger partial charge in [0.05, 0.1) is 18.0 Å². The van der Waals surface area contributed by atoms with Crippen molar-refractivity contribution in [2.24, 2.45) is 0 Å². The second kappa shape index (κ2) is 7.53. The number of amides is 1. The Balaban J connectivity index is 1.72. The number of carbonyl (C=O) groups excluding carboxylic acids is 1. The van der Waals surface area contributed by atoms with Gasteiger partial charge in [-0.2, -0.15) is 0 Å². The summed E-state index contributed by atoms with van der Waals surface area (Å²) in [5.41, 5.74) is 0.897. The Kier molecular flexibility index (Phi) is 5.19. The molecule has 3 rings (SSSR count). The minimum atomic E-state index is -0.991. The van der Waals surface area contributed by atoms with E-state index in [2.05, 4.69) is 0 Å². The molecule has 1 aliphatic heterocycles. The highest BCUT2D eigenvalue weighted by molar-refractivity contribution is 5.88. The molecule has 2 heterocycles. The highest BCUT2D eigenvalue weighted by Crippen LogP contribution is 2.33. The Morgan fingerprint density at radius 2 is 2.16 bits per heavy atom. The van der Waals surface area contributed by atoms with Crippen LogP contribution in [0.4, 0.5) is 0 Å². The fraction of sp³-hybridized carbons (Fsp3) is 0.368. The Morgan fingerprint density at radius 3 is 2.92 bits per heavy atom. The van der Waals surface area contributed by atoms with Gasteiger partial charge in [-0.3, -0.25) is 4.79 Å². The lowest BCUT2D eigenvalue weighted by Crippen LogP contribution is -2.31. The van der Waals surface area contributed by atoms with E-state index in [1.807, 2.05) is 17.0 Å². The molecule has 0 bridgehead atoms. The summed E-state index contributed by atoms with van der Waals surface area (Å²) < 4.78 is 10.9. The summed E-state index contributed by atoms with van der Waals surface area (Å²) in [5, 5.41) is 9.07. The number of furan rings is 1. The number of methoxy groups -OCH3 is 1. The summed E-state index contributed by atoms with van der Waals surface area (Å²) in [7, 11) is 1.61. The third-order valence-corrected chi connectivity index (χ3v) is 4.40. The van der Waals surface area contributed by atoms with Crippen LogP contribution >= 0.6 is 0 Å².